The molecule has 0 radical (unpaired) electrons. The maximum atomic E-state index is 12.4. The van der Waals surface area contributed by atoms with E-state index in [-0.39, 0.29) is 18.9 Å². The van der Waals surface area contributed by atoms with E-state index < -0.39 is 12.0 Å². The zero-order valence-corrected chi connectivity index (χ0v) is 13.8. The van der Waals surface area contributed by atoms with Crippen molar-refractivity contribution in [3.63, 3.8) is 0 Å². The zero-order chi connectivity index (χ0) is 17.8. The molecule has 1 atom stereocenters. The van der Waals surface area contributed by atoms with Gasteiger partial charge >= 0.3 is 5.97 Å². The highest BCUT2D eigenvalue weighted by Crippen LogP contribution is 2.20. The number of halogens is 1. The number of fused-ring (bicyclic) bond motifs is 1. The average Bonchev–Trinajstić information content (AvgIpc) is 2.98. The fourth-order valence-corrected chi connectivity index (χ4v) is 2.66. The minimum absolute atomic E-state index is 0.0514. The Kier molecular flexibility index (Phi) is 4.95. The summed E-state index contributed by atoms with van der Waals surface area (Å²) in [5.41, 5.74) is 2.10. The van der Waals surface area contributed by atoms with E-state index >= 15 is 0 Å². The molecule has 0 spiro atoms. The summed E-state index contributed by atoms with van der Waals surface area (Å²) >= 11 is 5.86. The minimum atomic E-state index is -1.01. The fourth-order valence-electron chi connectivity index (χ4n) is 2.53. The molecule has 0 aliphatic rings. The lowest BCUT2D eigenvalue weighted by Crippen LogP contribution is -2.33. The van der Waals surface area contributed by atoms with Gasteiger partial charge in [0.25, 0.3) is 0 Å². The maximum absolute atomic E-state index is 12.4. The van der Waals surface area contributed by atoms with Crippen LogP contribution in [0, 0.1) is 0 Å². The summed E-state index contributed by atoms with van der Waals surface area (Å²) in [5, 5.41) is 20.3. The predicted octanol–water partition coefficient (Wildman–Crippen LogP) is 2.42. The van der Waals surface area contributed by atoms with E-state index in [1.807, 2.05) is 18.2 Å². The Balaban J connectivity index is 1.75. The summed E-state index contributed by atoms with van der Waals surface area (Å²) in [4.78, 5) is 23.5. The van der Waals surface area contributed by atoms with Gasteiger partial charge in [0.1, 0.15) is 12.1 Å². The standard InChI is InChI=1S/C17H15ClN4O3/c18-12-7-5-11(6-8-12)14(9-17(24)25)19-16(23)10-22-15-4-2-1-3-13(15)20-21-22/h1-8,14H,9-10H2,(H,19,23)(H,24,25)/t14-/m1/s1. The number of carbonyl (C=O) groups excluding carboxylic acids is 1. The first-order valence-electron chi connectivity index (χ1n) is 7.58. The smallest absolute Gasteiger partial charge is 0.305 e. The second-order valence-electron chi connectivity index (χ2n) is 5.51. The normalized spacial score (nSPS) is 12.0. The molecule has 1 heterocycles. The topological polar surface area (TPSA) is 97.1 Å². The Morgan fingerprint density at radius 1 is 1.16 bits per heavy atom. The van der Waals surface area contributed by atoms with E-state index in [9.17, 15) is 9.59 Å². The molecule has 0 unspecified atom stereocenters. The van der Waals surface area contributed by atoms with Crippen LogP contribution >= 0.6 is 11.6 Å². The van der Waals surface area contributed by atoms with Crippen molar-refractivity contribution in [1.82, 2.24) is 20.3 Å². The lowest BCUT2D eigenvalue weighted by Gasteiger charge is -2.17. The molecular formula is C17H15ClN4O3. The van der Waals surface area contributed by atoms with Crippen LogP contribution in [0.25, 0.3) is 11.0 Å². The first-order valence-corrected chi connectivity index (χ1v) is 7.95. The van der Waals surface area contributed by atoms with Gasteiger partial charge in [0.15, 0.2) is 0 Å². The van der Waals surface area contributed by atoms with Crippen LogP contribution in [0.5, 0.6) is 0 Å². The van der Waals surface area contributed by atoms with Crippen LogP contribution < -0.4 is 5.32 Å². The van der Waals surface area contributed by atoms with Crippen molar-refractivity contribution in [2.75, 3.05) is 0 Å². The van der Waals surface area contributed by atoms with Crippen molar-refractivity contribution < 1.29 is 14.7 Å². The first kappa shape index (κ1) is 16.9. The van der Waals surface area contributed by atoms with E-state index in [2.05, 4.69) is 15.6 Å². The largest absolute Gasteiger partial charge is 0.481 e. The summed E-state index contributed by atoms with van der Waals surface area (Å²) in [5.74, 6) is -1.36. The number of para-hydroxylation sites is 1. The van der Waals surface area contributed by atoms with Crippen LogP contribution in [0.15, 0.2) is 48.5 Å². The van der Waals surface area contributed by atoms with Gasteiger partial charge in [0, 0.05) is 5.02 Å². The Morgan fingerprint density at radius 2 is 1.88 bits per heavy atom. The maximum Gasteiger partial charge on any atom is 0.305 e. The molecular weight excluding hydrogens is 344 g/mol. The van der Waals surface area contributed by atoms with Gasteiger partial charge in [-0.2, -0.15) is 0 Å². The molecule has 25 heavy (non-hydrogen) atoms. The molecule has 128 valence electrons. The van der Waals surface area contributed by atoms with Crippen LogP contribution in [0.3, 0.4) is 0 Å². The molecule has 0 bridgehead atoms. The first-order chi connectivity index (χ1) is 12.0. The molecule has 7 nitrogen and oxygen atoms in total. The molecule has 3 aromatic rings. The monoisotopic (exact) mass is 358 g/mol. The van der Waals surface area contributed by atoms with E-state index in [0.29, 0.717) is 16.1 Å². The molecule has 0 aliphatic carbocycles. The number of aliphatic carboxylic acids is 1. The number of carboxylic acid groups (broad SMARTS) is 1. The molecule has 1 amide bonds. The number of rotatable bonds is 6. The number of nitrogens with zero attached hydrogens (tertiary/aromatic N) is 3. The van der Waals surface area contributed by atoms with E-state index in [4.69, 9.17) is 16.7 Å². The Bertz CT molecular complexity index is 908. The highest BCUT2D eigenvalue weighted by molar-refractivity contribution is 6.30. The number of hydrogen-bond donors (Lipinski definition) is 2. The number of carboxylic acids is 1. The SMILES string of the molecule is O=C(O)C[C@@H](NC(=O)Cn1nnc2ccccc21)c1ccc(Cl)cc1. The number of carbonyl (C=O) groups is 2. The highest BCUT2D eigenvalue weighted by Gasteiger charge is 2.19. The summed E-state index contributed by atoms with van der Waals surface area (Å²) in [6, 6.07) is 13.3. The van der Waals surface area contributed by atoms with Gasteiger partial charge in [-0.05, 0) is 29.8 Å². The third-order valence-electron chi connectivity index (χ3n) is 3.70. The lowest BCUT2D eigenvalue weighted by atomic mass is 10.0. The number of amides is 1. The van der Waals surface area contributed by atoms with Gasteiger partial charge in [0.05, 0.1) is 18.0 Å². The van der Waals surface area contributed by atoms with Crippen LogP contribution in [0.4, 0.5) is 0 Å². The Morgan fingerprint density at radius 3 is 2.60 bits per heavy atom. The summed E-state index contributed by atoms with van der Waals surface area (Å²) < 4.78 is 1.48. The quantitative estimate of drug-likeness (QED) is 0.705. The second-order valence-corrected chi connectivity index (χ2v) is 5.94. The average molecular weight is 359 g/mol. The molecule has 2 N–H and O–H groups in total. The minimum Gasteiger partial charge on any atom is -0.481 e. The number of hydrogen-bond acceptors (Lipinski definition) is 4. The van der Waals surface area contributed by atoms with Gasteiger partial charge in [0.2, 0.25) is 5.91 Å². The second kappa shape index (κ2) is 7.31. The van der Waals surface area contributed by atoms with Gasteiger partial charge in [-0.1, -0.05) is 41.1 Å². The third kappa shape index (κ3) is 4.13. The van der Waals surface area contributed by atoms with Crippen molar-refractivity contribution in [1.29, 1.82) is 0 Å². The van der Waals surface area contributed by atoms with Crippen molar-refractivity contribution in [3.05, 3.63) is 59.1 Å². The van der Waals surface area contributed by atoms with Gasteiger partial charge in [-0.3, -0.25) is 9.59 Å². The summed E-state index contributed by atoms with van der Waals surface area (Å²) in [6.45, 7) is -0.0514. The van der Waals surface area contributed by atoms with Crippen LogP contribution in [-0.4, -0.2) is 32.0 Å². The summed E-state index contributed by atoms with van der Waals surface area (Å²) in [7, 11) is 0. The number of aromatic nitrogens is 3. The zero-order valence-electron chi connectivity index (χ0n) is 13.1. The molecule has 0 aliphatic heterocycles. The third-order valence-corrected chi connectivity index (χ3v) is 3.95. The van der Waals surface area contributed by atoms with Gasteiger partial charge in [-0.25, -0.2) is 4.68 Å². The fraction of sp³-hybridized carbons (Fsp3) is 0.176. The summed E-state index contributed by atoms with van der Waals surface area (Å²) in [6.07, 6.45) is -0.231. The highest BCUT2D eigenvalue weighted by atomic mass is 35.5. The molecule has 0 saturated carbocycles. The van der Waals surface area contributed by atoms with Gasteiger partial charge < -0.3 is 10.4 Å². The van der Waals surface area contributed by atoms with E-state index in [1.54, 1.807) is 30.3 Å². The molecule has 8 heteroatoms. The number of benzene rings is 2. The lowest BCUT2D eigenvalue weighted by molar-refractivity contribution is -0.137. The predicted molar refractivity (Wildman–Crippen MR) is 92.1 cm³/mol. The van der Waals surface area contributed by atoms with Crippen LogP contribution in [0.1, 0.15) is 18.0 Å². The molecule has 0 fully saturated rings. The molecule has 3 rings (SSSR count). The van der Waals surface area contributed by atoms with Crippen LogP contribution in [-0.2, 0) is 16.1 Å². The molecule has 1 aromatic heterocycles. The van der Waals surface area contributed by atoms with Crippen molar-refractivity contribution in [3.8, 4) is 0 Å². The Labute approximate surface area is 148 Å². The molecule has 0 saturated heterocycles. The van der Waals surface area contributed by atoms with Crippen molar-refractivity contribution in [2.24, 2.45) is 0 Å². The van der Waals surface area contributed by atoms with Crippen molar-refractivity contribution in [2.45, 2.75) is 19.0 Å². The van der Waals surface area contributed by atoms with E-state index in [1.165, 1.54) is 4.68 Å². The van der Waals surface area contributed by atoms with Gasteiger partial charge in [-0.15, -0.1) is 5.10 Å². The Hall–Kier alpha value is -2.93. The molecule has 2 aromatic carbocycles. The van der Waals surface area contributed by atoms with Crippen LogP contribution in [0.2, 0.25) is 5.02 Å². The van der Waals surface area contributed by atoms with E-state index in [0.717, 1.165) is 5.52 Å². The van der Waals surface area contributed by atoms with Crippen molar-refractivity contribution >= 4 is 34.5 Å². The number of nitrogens with one attached hydrogen (secondary N) is 1.